The Morgan fingerprint density at radius 1 is 1.13 bits per heavy atom. The van der Waals surface area contributed by atoms with E-state index in [1.165, 1.54) is 9.78 Å². The normalized spacial score (nSPS) is 25.4. The lowest BCUT2D eigenvalue weighted by molar-refractivity contribution is -0.135. The highest BCUT2D eigenvalue weighted by atomic mass is 32.3. The Morgan fingerprint density at radius 3 is 2.72 bits per heavy atom. The van der Waals surface area contributed by atoms with Crippen molar-refractivity contribution in [2.45, 2.75) is 82.7 Å². The van der Waals surface area contributed by atoms with Crippen molar-refractivity contribution in [3.8, 4) is 0 Å². The van der Waals surface area contributed by atoms with Gasteiger partial charge in [-0.25, -0.2) is 22.9 Å². The molecule has 0 radical (unpaired) electrons. The monoisotopic (exact) mass is 586 g/mol. The molecule has 0 bridgehead atoms. The second kappa shape index (κ2) is 9.41. The lowest BCUT2D eigenvalue weighted by Gasteiger charge is -2.41. The summed E-state index contributed by atoms with van der Waals surface area (Å²) in [7, 11) is -3.80. The van der Waals surface area contributed by atoms with E-state index in [4.69, 9.17) is 9.72 Å². The van der Waals surface area contributed by atoms with Crippen molar-refractivity contribution < 1.29 is 22.7 Å². The molecule has 7 rings (SSSR count). The maximum absolute atomic E-state index is 13.9. The molecule has 2 aromatic rings. The topological polar surface area (TPSA) is 109 Å². The zero-order chi connectivity index (χ0) is 26.9. The minimum Gasteiger partial charge on any atom is -0.372 e. The van der Waals surface area contributed by atoms with Gasteiger partial charge in [0.1, 0.15) is 14.6 Å². The first-order valence-corrected chi connectivity index (χ1v) is 16.6. The molecule has 3 amide bonds. The molecule has 0 spiro atoms. The van der Waals surface area contributed by atoms with Gasteiger partial charge >= 0.3 is 6.03 Å². The quantitative estimate of drug-likeness (QED) is 0.522. The van der Waals surface area contributed by atoms with Gasteiger partial charge in [-0.1, -0.05) is 30.0 Å². The van der Waals surface area contributed by atoms with Gasteiger partial charge in [0, 0.05) is 17.0 Å². The van der Waals surface area contributed by atoms with E-state index in [0.29, 0.717) is 13.2 Å². The summed E-state index contributed by atoms with van der Waals surface area (Å²) in [6.45, 7) is 3.36. The molecule has 5 aliphatic rings. The number of nitrogens with one attached hydrogen (secondary N) is 1. The number of ether oxygens (including phenoxy) is 1. The van der Waals surface area contributed by atoms with Crippen molar-refractivity contribution in [3.05, 3.63) is 60.8 Å². The van der Waals surface area contributed by atoms with Gasteiger partial charge in [-0.3, -0.25) is 9.69 Å². The molecule has 12 heteroatoms. The van der Waals surface area contributed by atoms with Gasteiger partial charge in [-0.15, -0.1) is 11.3 Å². The third-order valence-electron chi connectivity index (χ3n) is 8.16. The van der Waals surface area contributed by atoms with Crippen LogP contribution in [-0.2, 0) is 58.7 Å². The number of carbonyl (C=O) groups is 2. The molecule has 4 heterocycles. The number of carbonyl (C=O) groups excluding carboxylic acids is 2. The fraction of sp³-hybridized carbons (Fsp3) is 0.519. The van der Waals surface area contributed by atoms with Crippen LogP contribution >= 0.6 is 23.1 Å². The summed E-state index contributed by atoms with van der Waals surface area (Å²) in [5.41, 5.74) is 3.80. The second-order valence-corrected chi connectivity index (χ2v) is 15.5. The molecule has 39 heavy (non-hydrogen) atoms. The number of benzene rings is 1. The summed E-state index contributed by atoms with van der Waals surface area (Å²) in [6.07, 6.45) is 7.27. The van der Waals surface area contributed by atoms with Crippen molar-refractivity contribution in [1.29, 1.82) is 0 Å². The Bertz CT molecular complexity index is 1490. The van der Waals surface area contributed by atoms with Gasteiger partial charge in [0.15, 0.2) is 0 Å². The largest absolute Gasteiger partial charge is 0.372 e. The number of urea groups is 1. The maximum atomic E-state index is 13.9. The number of amides is 3. The molecule has 2 unspecified atom stereocenters. The molecule has 1 aromatic heterocycles. The molecule has 2 aliphatic carbocycles. The lowest BCUT2D eigenvalue weighted by Crippen LogP contribution is -2.58. The van der Waals surface area contributed by atoms with Crippen molar-refractivity contribution >= 4 is 45.1 Å². The number of rotatable bonds is 7. The van der Waals surface area contributed by atoms with E-state index in [9.17, 15) is 18.0 Å². The smallest absolute Gasteiger partial charge is 0.328 e. The van der Waals surface area contributed by atoms with E-state index in [2.05, 4.69) is 4.72 Å². The van der Waals surface area contributed by atoms with Gasteiger partial charge in [0.25, 0.3) is 0 Å². The van der Waals surface area contributed by atoms with E-state index in [1.54, 1.807) is 22.3 Å². The summed E-state index contributed by atoms with van der Waals surface area (Å²) in [4.78, 5) is 36.6. The van der Waals surface area contributed by atoms with Gasteiger partial charge in [-0.05, 0) is 68.2 Å². The molecule has 1 N–H and O–H groups in total. The zero-order valence-electron chi connectivity index (χ0n) is 21.6. The Labute approximate surface area is 236 Å². The first-order chi connectivity index (χ1) is 18.7. The van der Waals surface area contributed by atoms with Crippen LogP contribution in [0.25, 0.3) is 0 Å². The number of imide groups is 1. The Balaban J connectivity index is 1.21. The van der Waals surface area contributed by atoms with Crippen LogP contribution in [0.3, 0.4) is 0 Å². The van der Waals surface area contributed by atoms with Crippen LogP contribution in [0.1, 0.15) is 64.9 Å². The highest BCUT2D eigenvalue weighted by molar-refractivity contribution is 8.18. The average Bonchev–Trinajstić information content (AvgIpc) is 3.33. The molecule has 3 aliphatic heterocycles. The van der Waals surface area contributed by atoms with E-state index in [1.807, 2.05) is 25.1 Å². The number of hydrogen-bond acceptors (Lipinski definition) is 8. The molecule has 2 fully saturated rings. The van der Waals surface area contributed by atoms with Gasteiger partial charge in [-0.2, -0.15) is 0 Å². The van der Waals surface area contributed by atoms with Gasteiger partial charge < -0.3 is 9.64 Å². The minimum absolute atomic E-state index is 0.101. The van der Waals surface area contributed by atoms with E-state index in [0.717, 1.165) is 77.7 Å². The number of hydrogen-bond donors (Lipinski definition) is 1. The first kappa shape index (κ1) is 25.7. The fourth-order valence-electron chi connectivity index (χ4n) is 5.70. The molecular formula is C27H30N4O5S3. The molecule has 1 saturated heterocycles. The number of thioether (sulfide) groups is 1. The molecular weight excluding hydrogens is 557 g/mol. The van der Waals surface area contributed by atoms with Crippen LogP contribution in [0, 0.1) is 5.92 Å². The van der Waals surface area contributed by atoms with Crippen LogP contribution in [0.4, 0.5) is 4.79 Å². The molecule has 2 atom stereocenters. The molecule has 9 nitrogen and oxygen atoms in total. The maximum Gasteiger partial charge on any atom is 0.328 e. The predicted molar refractivity (Wildman–Crippen MR) is 148 cm³/mol. The minimum atomic E-state index is -3.80. The number of fused-ring (bicyclic) bond motifs is 3. The van der Waals surface area contributed by atoms with E-state index in [-0.39, 0.29) is 23.2 Å². The van der Waals surface area contributed by atoms with Crippen LogP contribution in [0.2, 0.25) is 0 Å². The molecule has 206 valence electrons. The number of aromatic nitrogens is 1. The third kappa shape index (κ3) is 4.73. The highest BCUT2D eigenvalue weighted by Gasteiger charge is 2.52. The van der Waals surface area contributed by atoms with Crippen LogP contribution in [0.5, 0.6) is 0 Å². The molecule has 1 saturated carbocycles. The molecule has 1 aromatic carbocycles. The fourth-order valence-corrected chi connectivity index (χ4v) is 10.1. The van der Waals surface area contributed by atoms with Crippen molar-refractivity contribution in [2.75, 3.05) is 0 Å². The number of thiazole rings is 1. The van der Waals surface area contributed by atoms with Crippen molar-refractivity contribution in [1.82, 2.24) is 19.5 Å². The second-order valence-electron chi connectivity index (χ2n) is 11.3. The Kier molecular flexibility index (Phi) is 6.20. The predicted octanol–water partition coefficient (Wildman–Crippen LogP) is 4.02. The SMILES string of the molecule is CC1(NS(=O)(=O)C2=CC3C(=O)N(Cc4nc5c(s4)CCCC5)C(=O)N(Cc4ccc5c(c4)COC5)C3S2)CC1. The number of sulfonamides is 1. The highest BCUT2D eigenvalue weighted by Crippen LogP contribution is 2.47. The van der Waals surface area contributed by atoms with Crippen LogP contribution in [0.15, 0.2) is 28.5 Å². The van der Waals surface area contributed by atoms with Gasteiger partial charge in [0.05, 0.1) is 31.4 Å². The third-order valence-corrected chi connectivity index (χ3v) is 12.8. The van der Waals surface area contributed by atoms with Gasteiger partial charge in [0.2, 0.25) is 15.9 Å². The number of nitrogens with zero attached hydrogens (tertiary/aromatic N) is 3. The summed E-state index contributed by atoms with van der Waals surface area (Å²) < 4.78 is 35.0. The first-order valence-electron chi connectivity index (χ1n) is 13.4. The standard InChI is InChI=1S/C27H30N4O5S3/c1-27(8-9-27)29-39(34,35)23-11-19-24(32)30(13-22-28-20-4-2-3-5-21(20)37-22)26(33)31(25(19)38-23)12-16-6-7-17-14-36-15-18(17)10-16/h6-7,10-11,19,25,29H,2-5,8-9,12-15H2,1H3. The van der Waals surface area contributed by atoms with Crippen molar-refractivity contribution in [3.63, 3.8) is 0 Å². The zero-order valence-corrected chi connectivity index (χ0v) is 24.1. The van der Waals surface area contributed by atoms with Crippen molar-refractivity contribution in [2.24, 2.45) is 5.92 Å². The average molecular weight is 587 g/mol. The number of aryl methyl sites for hydroxylation is 2. The van der Waals surface area contributed by atoms with E-state index < -0.39 is 32.9 Å². The van der Waals surface area contributed by atoms with Crippen LogP contribution in [-0.4, -0.2) is 46.1 Å². The summed E-state index contributed by atoms with van der Waals surface area (Å²) in [5, 5.41) is 0.122. The van der Waals surface area contributed by atoms with E-state index >= 15 is 0 Å². The Hall–Kier alpha value is -2.25. The summed E-state index contributed by atoms with van der Waals surface area (Å²) in [6, 6.07) is 5.63. The summed E-state index contributed by atoms with van der Waals surface area (Å²) in [5.74, 6) is -1.12. The Morgan fingerprint density at radius 2 is 1.92 bits per heavy atom. The summed E-state index contributed by atoms with van der Waals surface area (Å²) >= 11 is 2.67. The van der Waals surface area contributed by atoms with Crippen LogP contribution < -0.4 is 4.72 Å². The lowest BCUT2D eigenvalue weighted by atomic mass is 10.0.